The van der Waals surface area contributed by atoms with Crippen LogP contribution in [-0.4, -0.2) is 68.3 Å². The van der Waals surface area contributed by atoms with Gasteiger partial charge >= 0.3 is 0 Å². The highest BCUT2D eigenvalue weighted by molar-refractivity contribution is 7.91. The first kappa shape index (κ1) is 32.3. The van der Waals surface area contributed by atoms with Crippen molar-refractivity contribution in [3.8, 4) is 0 Å². The van der Waals surface area contributed by atoms with Crippen LogP contribution in [0.2, 0.25) is 5.15 Å². The van der Waals surface area contributed by atoms with Crippen LogP contribution in [0.25, 0.3) is 10.9 Å². The molecule has 13 heteroatoms. The lowest BCUT2D eigenvalue weighted by Gasteiger charge is -2.32. The number of anilines is 2. The Morgan fingerprint density at radius 2 is 1.71 bits per heavy atom. The van der Waals surface area contributed by atoms with Gasteiger partial charge in [-0.1, -0.05) is 41.9 Å². The van der Waals surface area contributed by atoms with E-state index in [2.05, 4.69) is 15.6 Å². The number of carbonyl (C=O) groups excluding carboxylic acids is 3. The van der Waals surface area contributed by atoms with E-state index in [0.29, 0.717) is 27.6 Å². The van der Waals surface area contributed by atoms with Crippen LogP contribution in [0.15, 0.2) is 48.5 Å². The minimum absolute atomic E-state index is 0. The second-order valence-corrected chi connectivity index (χ2v) is 12.5. The molecule has 1 aliphatic rings. The SMILES string of the molecule is CN[C@@H](C)C(=O)N[C@@H]1C(=O)N(Cc2c(C)c(Cl)nc3ccccc23)c2ccccc2N(C(=O)CS(C)(=O)=O)[C@H]1C.Cl. The minimum atomic E-state index is -3.69. The van der Waals surface area contributed by atoms with Gasteiger partial charge in [-0.25, -0.2) is 13.4 Å². The number of nitrogens with one attached hydrogen (secondary N) is 2. The molecule has 3 aromatic rings. The van der Waals surface area contributed by atoms with Gasteiger partial charge in [-0.15, -0.1) is 12.4 Å². The highest BCUT2D eigenvalue weighted by Crippen LogP contribution is 2.38. The van der Waals surface area contributed by atoms with Gasteiger partial charge in [-0.2, -0.15) is 0 Å². The van der Waals surface area contributed by atoms with Crippen molar-refractivity contribution >= 4 is 73.8 Å². The molecule has 0 saturated carbocycles. The molecule has 1 aromatic heterocycles. The van der Waals surface area contributed by atoms with Crippen LogP contribution in [0.4, 0.5) is 11.4 Å². The Bertz CT molecular complexity index is 1600. The van der Waals surface area contributed by atoms with E-state index in [0.717, 1.165) is 17.2 Å². The summed E-state index contributed by atoms with van der Waals surface area (Å²) >= 11 is 6.49. The van der Waals surface area contributed by atoms with E-state index in [-0.39, 0.29) is 19.0 Å². The number of hydrogen-bond donors (Lipinski definition) is 2. The molecule has 0 radical (unpaired) electrons. The van der Waals surface area contributed by atoms with Crippen LogP contribution >= 0.6 is 24.0 Å². The molecule has 2 aromatic carbocycles. The van der Waals surface area contributed by atoms with Crippen molar-refractivity contribution in [3.63, 3.8) is 0 Å². The zero-order valence-electron chi connectivity index (χ0n) is 23.3. The molecule has 220 valence electrons. The third-order valence-electron chi connectivity index (χ3n) is 7.16. The summed E-state index contributed by atoms with van der Waals surface area (Å²) in [6.07, 6.45) is 0.978. The van der Waals surface area contributed by atoms with E-state index >= 15 is 0 Å². The van der Waals surface area contributed by atoms with Gasteiger partial charge in [0.15, 0.2) is 9.84 Å². The molecule has 3 atom stereocenters. The second-order valence-electron chi connectivity index (χ2n) is 10.0. The van der Waals surface area contributed by atoms with Crippen LogP contribution in [0.1, 0.15) is 25.0 Å². The number of hydrogen-bond acceptors (Lipinski definition) is 7. The van der Waals surface area contributed by atoms with E-state index in [1.807, 2.05) is 31.2 Å². The summed E-state index contributed by atoms with van der Waals surface area (Å²) in [5, 5.41) is 6.75. The monoisotopic (exact) mass is 621 g/mol. The Hall–Kier alpha value is -3.25. The molecule has 10 nitrogen and oxygen atoms in total. The minimum Gasteiger partial charge on any atom is -0.341 e. The Morgan fingerprint density at radius 1 is 1.10 bits per heavy atom. The Labute approximate surface area is 250 Å². The van der Waals surface area contributed by atoms with Gasteiger partial charge in [0.05, 0.1) is 35.5 Å². The zero-order chi connectivity index (χ0) is 29.4. The molecular formula is C28H33Cl2N5O5S. The fraction of sp³-hybridized carbons (Fsp3) is 0.357. The maximum atomic E-state index is 14.3. The average Bonchev–Trinajstić information content (AvgIpc) is 2.98. The molecule has 0 spiro atoms. The molecule has 2 heterocycles. The van der Waals surface area contributed by atoms with Gasteiger partial charge in [-0.3, -0.25) is 14.4 Å². The molecule has 41 heavy (non-hydrogen) atoms. The molecule has 2 N–H and O–H groups in total. The molecule has 0 saturated heterocycles. The summed E-state index contributed by atoms with van der Waals surface area (Å²) in [7, 11) is -2.07. The summed E-state index contributed by atoms with van der Waals surface area (Å²) in [6.45, 7) is 5.16. The van der Waals surface area contributed by atoms with Gasteiger partial charge in [0.2, 0.25) is 11.8 Å². The normalized spacial score (nSPS) is 17.9. The highest BCUT2D eigenvalue weighted by Gasteiger charge is 2.43. The van der Waals surface area contributed by atoms with Gasteiger partial charge in [0.25, 0.3) is 5.91 Å². The maximum absolute atomic E-state index is 14.3. The standard InChI is InChI=1S/C28H32ClN5O5S.ClH/c1-16-20(19-10-6-7-11-21(19)31-26(16)29)14-33-22-12-8-9-13-23(22)34(24(35)15-40(5,38)39)18(3)25(28(33)37)32-27(36)17(2)30-4;/h6-13,17-18,25,30H,14-15H2,1-5H3,(H,32,36);1H/t17-,18-,25-;/m0./s1. The Kier molecular flexibility index (Phi) is 10.0. The molecule has 3 amide bonds. The van der Waals surface area contributed by atoms with Crippen molar-refractivity contribution in [3.05, 3.63) is 64.8 Å². The number of para-hydroxylation sites is 3. The topological polar surface area (TPSA) is 129 Å². The molecule has 1 aliphatic heterocycles. The predicted octanol–water partition coefficient (Wildman–Crippen LogP) is 3.02. The third-order valence-corrected chi connectivity index (χ3v) is 8.30. The predicted molar refractivity (Wildman–Crippen MR) is 163 cm³/mol. The van der Waals surface area contributed by atoms with Crippen molar-refractivity contribution in [2.24, 2.45) is 0 Å². The summed E-state index contributed by atoms with van der Waals surface area (Å²) in [6, 6.07) is 11.5. The first-order valence-electron chi connectivity index (χ1n) is 12.8. The van der Waals surface area contributed by atoms with Crippen LogP contribution in [0.5, 0.6) is 0 Å². The maximum Gasteiger partial charge on any atom is 0.252 e. The van der Waals surface area contributed by atoms with Crippen LogP contribution in [0.3, 0.4) is 0 Å². The number of halogens is 2. The van der Waals surface area contributed by atoms with Crippen LogP contribution in [-0.2, 0) is 30.8 Å². The van der Waals surface area contributed by atoms with Crippen LogP contribution in [0, 0.1) is 6.92 Å². The molecule has 0 fully saturated rings. The van der Waals surface area contributed by atoms with E-state index < -0.39 is 51.4 Å². The number of fused-ring (bicyclic) bond motifs is 2. The van der Waals surface area contributed by atoms with Crippen molar-refractivity contribution in [1.29, 1.82) is 0 Å². The molecule has 4 rings (SSSR count). The largest absolute Gasteiger partial charge is 0.341 e. The van der Waals surface area contributed by atoms with Crippen molar-refractivity contribution in [2.75, 3.05) is 28.9 Å². The van der Waals surface area contributed by atoms with E-state index in [1.165, 1.54) is 9.80 Å². The number of pyridine rings is 1. The fourth-order valence-corrected chi connectivity index (χ4v) is 5.66. The molecule has 0 bridgehead atoms. The Balaban J connectivity index is 0.00000462. The zero-order valence-corrected chi connectivity index (χ0v) is 25.7. The van der Waals surface area contributed by atoms with Crippen molar-refractivity contribution in [1.82, 2.24) is 15.6 Å². The number of carbonyl (C=O) groups is 3. The quantitative estimate of drug-likeness (QED) is 0.388. The first-order chi connectivity index (χ1) is 18.8. The van der Waals surface area contributed by atoms with E-state index in [9.17, 15) is 22.8 Å². The van der Waals surface area contributed by atoms with Crippen LogP contribution < -0.4 is 20.4 Å². The van der Waals surface area contributed by atoms with E-state index in [1.54, 1.807) is 45.2 Å². The lowest BCUT2D eigenvalue weighted by molar-refractivity contribution is -0.129. The van der Waals surface area contributed by atoms with E-state index in [4.69, 9.17) is 11.6 Å². The summed E-state index contributed by atoms with van der Waals surface area (Å²) in [5.41, 5.74) is 2.87. The lowest BCUT2D eigenvalue weighted by Crippen LogP contribution is -2.60. The number of rotatable bonds is 7. The number of likely N-dealkylation sites (N-methyl/N-ethyl adjacent to an activating group) is 1. The summed E-state index contributed by atoms with van der Waals surface area (Å²) in [4.78, 5) is 48.1. The van der Waals surface area contributed by atoms with Gasteiger partial charge in [0, 0.05) is 11.6 Å². The number of benzene rings is 2. The second kappa shape index (κ2) is 12.7. The van der Waals surface area contributed by atoms with Crippen molar-refractivity contribution < 1.29 is 22.8 Å². The molecular weight excluding hydrogens is 589 g/mol. The third kappa shape index (κ3) is 6.64. The lowest BCUT2D eigenvalue weighted by atomic mass is 10.0. The van der Waals surface area contributed by atoms with Gasteiger partial charge in [-0.05, 0) is 57.1 Å². The smallest absolute Gasteiger partial charge is 0.252 e. The fourth-order valence-electron chi connectivity index (χ4n) is 4.87. The van der Waals surface area contributed by atoms with Gasteiger partial charge < -0.3 is 20.4 Å². The first-order valence-corrected chi connectivity index (χ1v) is 15.2. The molecule has 0 unspecified atom stereocenters. The average molecular weight is 623 g/mol. The number of sulfone groups is 1. The molecule has 0 aliphatic carbocycles. The van der Waals surface area contributed by atoms with Crippen molar-refractivity contribution in [2.45, 2.75) is 45.4 Å². The number of amides is 3. The Morgan fingerprint density at radius 3 is 2.34 bits per heavy atom. The summed E-state index contributed by atoms with van der Waals surface area (Å²) < 4.78 is 24.2. The number of aromatic nitrogens is 1. The van der Waals surface area contributed by atoms with Gasteiger partial charge in [0.1, 0.15) is 16.9 Å². The highest BCUT2D eigenvalue weighted by atomic mass is 35.5. The number of nitrogens with zero attached hydrogens (tertiary/aromatic N) is 3. The summed E-state index contributed by atoms with van der Waals surface area (Å²) in [5.74, 6) is -2.35.